The summed E-state index contributed by atoms with van der Waals surface area (Å²) in [6.07, 6.45) is 2.07. The molecule has 0 spiro atoms. The number of hydrogen-bond acceptors (Lipinski definition) is 4. The second kappa shape index (κ2) is 7.38. The van der Waals surface area contributed by atoms with Crippen LogP contribution in [0.2, 0.25) is 0 Å². The van der Waals surface area contributed by atoms with Gasteiger partial charge in [-0.05, 0) is 46.8 Å². The van der Waals surface area contributed by atoms with Crippen LogP contribution in [0.5, 0.6) is 0 Å². The minimum atomic E-state index is 0.110. The largest absolute Gasteiger partial charge is 0.355 e. The summed E-state index contributed by atoms with van der Waals surface area (Å²) in [5.74, 6) is 0.263. The third-order valence-corrected chi connectivity index (χ3v) is 5.29. The van der Waals surface area contributed by atoms with Gasteiger partial charge < -0.3 is 11.1 Å². The molecule has 3 N–H and O–H groups in total. The zero-order valence-electron chi connectivity index (χ0n) is 10.9. The van der Waals surface area contributed by atoms with Crippen LogP contribution in [0, 0.1) is 5.92 Å². The van der Waals surface area contributed by atoms with E-state index in [1.54, 1.807) is 11.3 Å². The van der Waals surface area contributed by atoms with Crippen molar-refractivity contribution in [2.24, 2.45) is 11.7 Å². The molecule has 1 atom stereocenters. The monoisotopic (exact) mass is 345 g/mol. The molecule has 19 heavy (non-hydrogen) atoms. The van der Waals surface area contributed by atoms with Crippen LogP contribution in [0.25, 0.3) is 0 Å². The maximum atomic E-state index is 12.0. The Morgan fingerprint density at radius 2 is 2.47 bits per heavy atom. The van der Waals surface area contributed by atoms with Crippen LogP contribution < -0.4 is 11.1 Å². The summed E-state index contributed by atoms with van der Waals surface area (Å²) in [6.45, 7) is 3.93. The quantitative estimate of drug-likeness (QED) is 0.855. The molecule has 4 nitrogen and oxygen atoms in total. The first-order chi connectivity index (χ1) is 9.20. The standard InChI is InChI=1S/C13H20BrN3OS/c14-11-3-7-19-12(11)9-17-6-1-2-10(8-17)13(18)16-5-4-15/h3,7,10H,1-2,4-6,8-9,15H2,(H,16,18). The molecule has 1 unspecified atom stereocenters. The molecular formula is C13H20BrN3OS. The first-order valence-corrected chi connectivity index (χ1v) is 8.30. The van der Waals surface area contributed by atoms with E-state index in [1.165, 1.54) is 9.35 Å². The average Bonchev–Trinajstić information content (AvgIpc) is 2.82. The van der Waals surface area contributed by atoms with Crippen LogP contribution in [0.15, 0.2) is 15.9 Å². The molecule has 0 aliphatic carbocycles. The highest BCUT2D eigenvalue weighted by atomic mass is 79.9. The van der Waals surface area contributed by atoms with E-state index in [1.807, 2.05) is 0 Å². The van der Waals surface area contributed by atoms with Crippen molar-refractivity contribution in [1.82, 2.24) is 10.2 Å². The summed E-state index contributed by atoms with van der Waals surface area (Å²) in [5, 5.41) is 4.99. The third-order valence-electron chi connectivity index (χ3n) is 3.38. The number of likely N-dealkylation sites (tertiary alicyclic amines) is 1. The van der Waals surface area contributed by atoms with Crippen molar-refractivity contribution in [2.45, 2.75) is 19.4 Å². The number of nitrogens with one attached hydrogen (secondary N) is 1. The minimum Gasteiger partial charge on any atom is -0.355 e. The van der Waals surface area contributed by atoms with Crippen molar-refractivity contribution >= 4 is 33.2 Å². The van der Waals surface area contributed by atoms with E-state index >= 15 is 0 Å². The van der Waals surface area contributed by atoms with Crippen LogP contribution in [0.4, 0.5) is 0 Å². The number of thiophene rings is 1. The van der Waals surface area contributed by atoms with E-state index in [9.17, 15) is 4.79 Å². The van der Waals surface area contributed by atoms with E-state index in [0.717, 1.165) is 32.5 Å². The fourth-order valence-corrected chi connectivity index (χ4v) is 3.91. The Bertz CT molecular complexity index is 424. The Balaban J connectivity index is 1.86. The van der Waals surface area contributed by atoms with Crippen molar-refractivity contribution in [3.63, 3.8) is 0 Å². The Labute approximate surface area is 126 Å². The zero-order valence-corrected chi connectivity index (χ0v) is 13.3. The van der Waals surface area contributed by atoms with Gasteiger partial charge in [-0.2, -0.15) is 0 Å². The molecule has 2 rings (SSSR count). The van der Waals surface area contributed by atoms with Gasteiger partial charge in [-0.25, -0.2) is 0 Å². The Morgan fingerprint density at radius 3 is 3.16 bits per heavy atom. The lowest BCUT2D eigenvalue weighted by Gasteiger charge is -2.31. The molecule has 2 heterocycles. The van der Waals surface area contributed by atoms with Crippen LogP contribution in [-0.2, 0) is 11.3 Å². The van der Waals surface area contributed by atoms with Gasteiger partial charge in [0.2, 0.25) is 5.91 Å². The van der Waals surface area contributed by atoms with Crippen molar-refractivity contribution in [3.05, 3.63) is 20.8 Å². The number of carbonyl (C=O) groups excluding carboxylic acids is 1. The number of nitrogens with zero attached hydrogens (tertiary/aromatic N) is 1. The first-order valence-electron chi connectivity index (χ1n) is 6.62. The van der Waals surface area contributed by atoms with Crippen molar-refractivity contribution in [3.8, 4) is 0 Å². The van der Waals surface area contributed by atoms with Crippen molar-refractivity contribution < 1.29 is 4.79 Å². The Kier molecular flexibility index (Phi) is 5.81. The number of nitrogens with two attached hydrogens (primary N) is 1. The zero-order chi connectivity index (χ0) is 13.7. The molecule has 1 aliphatic rings. The van der Waals surface area contributed by atoms with Crippen LogP contribution in [0.1, 0.15) is 17.7 Å². The first kappa shape index (κ1) is 15.0. The number of halogens is 1. The van der Waals surface area contributed by atoms with Crippen LogP contribution >= 0.6 is 27.3 Å². The second-order valence-corrected chi connectivity index (χ2v) is 6.70. The maximum Gasteiger partial charge on any atom is 0.224 e. The molecule has 0 saturated carbocycles. The Hall–Kier alpha value is -0.430. The molecule has 0 bridgehead atoms. The van der Waals surface area contributed by atoms with Gasteiger partial charge in [-0.15, -0.1) is 11.3 Å². The molecule has 1 aromatic heterocycles. The molecule has 1 saturated heterocycles. The SMILES string of the molecule is NCCNC(=O)C1CCCN(Cc2sccc2Br)C1. The predicted molar refractivity (Wildman–Crippen MR) is 82.1 cm³/mol. The van der Waals surface area contributed by atoms with Gasteiger partial charge in [0, 0.05) is 35.5 Å². The van der Waals surface area contributed by atoms with Crippen molar-refractivity contribution in [2.75, 3.05) is 26.2 Å². The summed E-state index contributed by atoms with van der Waals surface area (Å²) in [6, 6.07) is 2.08. The van der Waals surface area contributed by atoms with E-state index in [2.05, 4.69) is 37.6 Å². The molecular weight excluding hydrogens is 326 g/mol. The molecule has 1 aromatic rings. The van der Waals surface area contributed by atoms with Crippen LogP contribution in [-0.4, -0.2) is 37.0 Å². The van der Waals surface area contributed by atoms with Gasteiger partial charge in [0.1, 0.15) is 0 Å². The summed E-state index contributed by atoms with van der Waals surface area (Å²) < 4.78 is 1.17. The number of rotatable bonds is 5. The molecule has 0 aromatic carbocycles. The number of amides is 1. The predicted octanol–water partition coefficient (Wildman–Crippen LogP) is 1.80. The number of piperidine rings is 1. The molecule has 1 amide bonds. The van der Waals surface area contributed by atoms with Gasteiger partial charge >= 0.3 is 0 Å². The summed E-state index contributed by atoms with van der Waals surface area (Å²) in [4.78, 5) is 15.7. The third kappa shape index (κ3) is 4.27. The van der Waals surface area contributed by atoms with Gasteiger partial charge in [-0.1, -0.05) is 0 Å². The molecule has 106 valence electrons. The Morgan fingerprint density at radius 1 is 1.63 bits per heavy atom. The van der Waals surface area contributed by atoms with E-state index in [0.29, 0.717) is 13.1 Å². The lowest BCUT2D eigenvalue weighted by Crippen LogP contribution is -2.43. The lowest BCUT2D eigenvalue weighted by atomic mass is 9.97. The van der Waals surface area contributed by atoms with Crippen LogP contribution in [0.3, 0.4) is 0 Å². The second-order valence-electron chi connectivity index (χ2n) is 4.85. The van der Waals surface area contributed by atoms with Gasteiger partial charge in [0.05, 0.1) is 5.92 Å². The number of carbonyl (C=O) groups is 1. The molecule has 1 fully saturated rings. The van der Waals surface area contributed by atoms with Gasteiger partial charge in [0.15, 0.2) is 0 Å². The van der Waals surface area contributed by atoms with Gasteiger partial charge in [0.25, 0.3) is 0 Å². The number of hydrogen-bond donors (Lipinski definition) is 2. The van der Waals surface area contributed by atoms with Crippen molar-refractivity contribution in [1.29, 1.82) is 0 Å². The lowest BCUT2D eigenvalue weighted by molar-refractivity contribution is -0.126. The highest BCUT2D eigenvalue weighted by Crippen LogP contribution is 2.26. The summed E-state index contributed by atoms with van der Waals surface area (Å²) >= 11 is 5.32. The minimum absolute atomic E-state index is 0.110. The summed E-state index contributed by atoms with van der Waals surface area (Å²) in [5.41, 5.74) is 5.41. The smallest absolute Gasteiger partial charge is 0.224 e. The van der Waals surface area contributed by atoms with E-state index in [-0.39, 0.29) is 11.8 Å². The highest BCUT2D eigenvalue weighted by molar-refractivity contribution is 9.10. The van der Waals surface area contributed by atoms with Gasteiger partial charge in [-0.3, -0.25) is 9.69 Å². The van der Waals surface area contributed by atoms with E-state index in [4.69, 9.17) is 5.73 Å². The fourth-order valence-electron chi connectivity index (χ4n) is 2.39. The molecule has 0 radical (unpaired) electrons. The topological polar surface area (TPSA) is 58.4 Å². The summed E-state index contributed by atoms with van der Waals surface area (Å²) in [7, 11) is 0. The molecule has 6 heteroatoms. The van der Waals surface area contributed by atoms with E-state index < -0.39 is 0 Å². The normalized spacial score (nSPS) is 20.4. The highest BCUT2D eigenvalue weighted by Gasteiger charge is 2.25. The molecule has 1 aliphatic heterocycles. The maximum absolute atomic E-state index is 12.0. The average molecular weight is 346 g/mol. The fraction of sp³-hybridized carbons (Fsp3) is 0.615.